The summed E-state index contributed by atoms with van der Waals surface area (Å²) < 4.78 is 10.1. The summed E-state index contributed by atoms with van der Waals surface area (Å²) in [5, 5.41) is 5.88. The van der Waals surface area contributed by atoms with Gasteiger partial charge in [0, 0.05) is 12.6 Å². The van der Waals surface area contributed by atoms with Crippen LogP contribution in [0.3, 0.4) is 0 Å². The molecule has 0 aliphatic carbocycles. The third-order valence-corrected chi connectivity index (χ3v) is 3.20. The summed E-state index contributed by atoms with van der Waals surface area (Å²) in [6.45, 7) is 7.69. The third-order valence-electron chi connectivity index (χ3n) is 3.20. The molecule has 0 unspecified atom stereocenters. The highest BCUT2D eigenvalue weighted by Crippen LogP contribution is 2.07. The van der Waals surface area contributed by atoms with Gasteiger partial charge in [-0.25, -0.2) is 4.79 Å². The van der Waals surface area contributed by atoms with E-state index in [9.17, 15) is 9.59 Å². The van der Waals surface area contributed by atoms with Gasteiger partial charge in [-0.15, -0.1) is 0 Å². The van der Waals surface area contributed by atoms with Crippen LogP contribution in [0.1, 0.15) is 33.3 Å². The minimum absolute atomic E-state index is 0.192. The van der Waals surface area contributed by atoms with Crippen molar-refractivity contribution in [2.45, 2.75) is 51.8 Å². The second-order valence-electron chi connectivity index (χ2n) is 6.72. The molecule has 1 aromatic carbocycles. The topological polar surface area (TPSA) is 76.7 Å². The van der Waals surface area contributed by atoms with Gasteiger partial charge in [0.25, 0.3) is 0 Å². The molecule has 0 fully saturated rings. The highest BCUT2D eigenvalue weighted by atomic mass is 16.6. The second kappa shape index (κ2) is 9.27. The van der Waals surface area contributed by atoms with Crippen LogP contribution in [0.25, 0.3) is 0 Å². The zero-order valence-corrected chi connectivity index (χ0v) is 15.1. The average Bonchev–Trinajstić information content (AvgIpc) is 2.49. The van der Waals surface area contributed by atoms with E-state index in [0.29, 0.717) is 13.0 Å². The minimum atomic E-state index is -0.543. The summed E-state index contributed by atoms with van der Waals surface area (Å²) in [6.07, 6.45) is 0.0432. The predicted octanol–water partition coefficient (Wildman–Crippen LogP) is 2.27. The van der Waals surface area contributed by atoms with Crippen molar-refractivity contribution in [2.75, 3.05) is 13.7 Å². The van der Waals surface area contributed by atoms with Crippen molar-refractivity contribution in [1.29, 1.82) is 0 Å². The lowest BCUT2D eigenvalue weighted by Gasteiger charge is -2.23. The van der Waals surface area contributed by atoms with E-state index in [0.717, 1.165) is 5.56 Å². The third kappa shape index (κ3) is 7.97. The van der Waals surface area contributed by atoms with Gasteiger partial charge in [0.1, 0.15) is 11.6 Å². The number of carbonyl (C=O) groups excluding carboxylic acids is 2. The lowest BCUT2D eigenvalue weighted by Crippen LogP contribution is -2.48. The maximum absolute atomic E-state index is 11.9. The van der Waals surface area contributed by atoms with E-state index in [1.54, 1.807) is 0 Å². The van der Waals surface area contributed by atoms with E-state index in [1.165, 1.54) is 7.11 Å². The highest BCUT2D eigenvalue weighted by Gasteiger charge is 2.21. The Morgan fingerprint density at radius 3 is 2.33 bits per heavy atom. The number of hydrogen-bond acceptors (Lipinski definition) is 5. The molecular weight excluding hydrogens is 308 g/mol. The maximum Gasteiger partial charge on any atom is 0.407 e. The Labute approximate surface area is 143 Å². The van der Waals surface area contributed by atoms with Crippen molar-refractivity contribution in [3.8, 4) is 0 Å². The first-order valence-corrected chi connectivity index (χ1v) is 8.06. The first kappa shape index (κ1) is 20.0. The van der Waals surface area contributed by atoms with Crippen LogP contribution in [0.4, 0.5) is 4.79 Å². The fraction of sp³-hybridized carbons (Fsp3) is 0.556. The SMILES string of the molecule is COC(=O)[C@H](Cc1ccccc1)NC[C@@H](C)NC(=O)OC(C)(C)C. The molecule has 0 spiro atoms. The lowest BCUT2D eigenvalue weighted by atomic mass is 10.1. The van der Waals surface area contributed by atoms with Crippen LogP contribution in [-0.2, 0) is 20.7 Å². The van der Waals surface area contributed by atoms with Crippen LogP contribution in [0.5, 0.6) is 0 Å². The molecule has 2 atom stereocenters. The summed E-state index contributed by atoms with van der Waals surface area (Å²) in [6, 6.07) is 9.03. The van der Waals surface area contributed by atoms with Crippen molar-refractivity contribution < 1.29 is 19.1 Å². The molecule has 0 saturated carbocycles. The van der Waals surface area contributed by atoms with Crippen molar-refractivity contribution >= 4 is 12.1 Å². The molecule has 2 N–H and O–H groups in total. The fourth-order valence-corrected chi connectivity index (χ4v) is 2.11. The number of esters is 1. The van der Waals surface area contributed by atoms with Crippen LogP contribution in [0.2, 0.25) is 0 Å². The Kier molecular flexibility index (Phi) is 7.71. The normalized spacial score (nSPS) is 13.7. The van der Waals surface area contributed by atoms with Gasteiger partial charge in [0.15, 0.2) is 0 Å². The standard InChI is InChI=1S/C18H28N2O4/c1-13(20-17(22)24-18(2,3)4)12-19-15(16(21)23-5)11-14-9-7-6-8-10-14/h6-10,13,15,19H,11-12H2,1-5H3,(H,20,22)/t13-,15+/m1/s1. The quantitative estimate of drug-likeness (QED) is 0.747. The molecule has 0 heterocycles. The van der Waals surface area contributed by atoms with Gasteiger partial charge in [-0.05, 0) is 39.7 Å². The average molecular weight is 336 g/mol. The number of amides is 1. The van der Waals surface area contributed by atoms with E-state index >= 15 is 0 Å². The lowest BCUT2D eigenvalue weighted by molar-refractivity contribution is -0.143. The molecule has 6 heteroatoms. The van der Waals surface area contributed by atoms with Crippen molar-refractivity contribution in [3.05, 3.63) is 35.9 Å². The summed E-state index contributed by atoms with van der Waals surface area (Å²) in [5.41, 5.74) is 0.493. The number of rotatable bonds is 7. The van der Waals surface area contributed by atoms with Crippen LogP contribution in [-0.4, -0.2) is 43.4 Å². The van der Waals surface area contributed by atoms with Crippen LogP contribution >= 0.6 is 0 Å². The minimum Gasteiger partial charge on any atom is -0.468 e. The van der Waals surface area contributed by atoms with Gasteiger partial charge in [-0.2, -0.15) is 0 Å². The number of ether oxygens (including phenoxy) is 2. The van der Waals surface area contributed by atoms with Crippen molar-refractivity contribution in [3.63, 3.8) is 0 Å². The Morgan fingerprint density at radius 2 is 1.79 bits per heavy atom. The number of alkyl carbamates (subject to hydrolysis) is 1. The van der Waals surface area contributed by atoms with Crippen LogP contribution in [0.15, 0.2) is 30.3 Å². The smallest absolute Gasteiger partial charge is 0.407 e. The monoisotopic (exact) mass is 336 g/mol. The zero-order chi connectivity index (χ0) is 18.2. The molecule has 0 bridgehead atoms. The molecule has 1 rings (SSSR count). The van der Waals surface area contributed by atoms with E-state index in [4.69, 9.17) is 9.47 Å². The van der Waals surface area contributed by atoms with Gasteiger partial charge in [-0.3, -0.25) is 4.79 Å². The number of hydrogen-bond donors (Lipinski definition) is 2. The molecule has 134 valence electrons. The summed E-state index contributed by atoms with van der Waals surface area (Å²) in [4.78, 5) is 23.7. The Bertz CT molecular complexity index is 526. The van der Waals surface area contributed by atoms with E-state index in [1.807, 2.05) is 58.0 Å². The molecule has 24 heavy (non-hydrogen) atoms. The highest BCUT2D eigenvalue weighted by molar-refractivity contribution is 5.76. The molecule has 6 nitrogen and oxygen atoms in total. The Hall–Kier alpha value is -2.08. The molecule has 0 radical (unpaired) electrons. The molecule has 1 amide bonds. The molecule has 0 saturated heterocycles. The van der Waals surface area contributed by atoms with Crippen LogP contribution < -0.4 is 10.6 Å². The molecule has 0 aromatic heterocycles. The molecule has 1 aromatic rings. The maximum atomic E-state index is 11.9. The Morgan fingerprint density at radius 1 is 1.17 bits per heavy atom. The number of carbonyl (C=O) groups is 2. The van der Waals surface area contributed by atoms with Gasteiger partial charge in [0.05, 0.1) is 7.11 Å². The molecule has 0 aliphatic heterocycles. The van der Waals surface area contributed by atoms with Crippen molar-refractivity contribution in [1.82, 2.24) is 10.6 Å². The number of methoxy groups -OCH3 is 1. The zero-order valence-electron chi connectivity index (χ0n) is 15.1. The van der Waals surface area contributed by atoms with Gasteiger partial charge >= 0.3 is 12.1 Å². The van der Waals surface area contributed by atoms with Crippen LogP contribution in [0, 0.1) is 0 Å². The number of benzene rings is 1. The largest absolute Gasteiger partial charge is 0.468 e. The first-order valence-electron chi connectivity index (χ1n) is 8.06. The fourth-order valence-electron chi connectivity index (χ4n) is 2.11. The Balaban J connectivity index is 2.52. The summed E-state index contributed by atoms with van der Waals surface area (Å²) in [5.74, 6) is -0.330. The van der Waals surface area contributed by atoms with Gasteiger partial charge < -0.3 is 20.1 Å². The van der Waals surface area contributed by atoms with Gasteiger partial charge in [-0.1, -0.05) is 30.3 Å². The molecule has 0 aliphatic rings. The van der Waals surface area contributed by atoms with E-state index in [2.05, 4.69) is 10.6 Å². The second-order valence-corrected chi connectivity index (χ2v) is 6.72. The van der Waals surface area contributed by atoms with Gasteiger partial charge in [0.2, 0.25) is 0 Å². The summed E-state index contributed by atoms with van der Waals surface area (Å²) >= 11 is 0. The summed E-state index contributed by atoms with van der Waals surface area (Å²) in [7, 11) is 1.37. The van der Waals surface area contributed by atoms with Crippen molar-refractivity contribution in [2.24, 2.45) is 0 Å². The van der Waals surface area contributed by atoms with E-state index in [-0.39, 0.29) is 12.0 Å². The van der Waals surface area contributed by atoms with E-state index < -0.39 is 17.7 Å². The predicted molar refractivity (Wildman–Crippen MR) is 92.8 cm³/mol. The number of nitrogens with one attached hydrogen (secondary N) is 2. The first-order chi connectivity index (χ1) is 11.2. The molecular formula is C18H28N2O4.